The number of rotatable bonds is 6. The zero-order valence-electron chi connectivity index (χ0n) is 17.3. The molecule has 0 spiro atoms. The molecule has 1 N–H and O–H groups in total. The van der Waals surface area contributed by atoms with Gasteiger partial charge in [-0.05, 0) is 44.3 Å². The lowest BCUT2D eigenvalue weighted by molar-refractivity contribution is 0.125. The SMILES string of the molecule is CN(C)CCCOc1ccc2c(c1)N(C)c1ccccc1C2(O)c1ccccc1. The number of anilines is 2. The van der Waals surface area contributed by atoms with Crippen LogP contribution in [0.25, 0.3) is 0 Å². The number of para-hydroxylation sites is 1. The lowest BCUT2D eigenvalue weighted by Crippen LogP contribution is -2.36. The Bertz CT molecular complexity index is 987. The zero-order valence-corrected chi connectivity index (χ0v) is 17.3. The molecule has 1 unspecified atom stereocenters. The molecule has 1 aliphatic rings. The summed E-state index contributed by atoms with van der Waals surface area (Å²) in [5.74, 6) is 0.823. The quantitative estimate of drug-likeness (QED) is 0.636. The fraction of sp³-hybridized carbons (Fsp3) is 0.280. The van der Waals surface area contributed by atoms with Gasteiger partial charge in [0, 0.05) is 36.5 Å². The topological polar surface area (TPSA) is 35.9 Å². The maximum Gasteiger partial charge on any atom is 0.144 e. The van der Waals surface area contributed by atoms with Crippen LogP contribution in [0, 0.1) is 0 Å². The molecule has 0 aliphatic carbocycles. The highest BCUT2D eigenvalue weighted by molar-refractivity contribution is 5.79. The molecule has 3 aromatic rings. The second-order valence-electron chi connectivity index (χ2n) is 7.84. The van der Waals surface area contributed by atoms with Crippen LogP contribution < -0.4 is 9.64 Å². The summed E-state index contributed by atoms with van der Waals surface area (Å²) in [6, 6.07) is 23.9. The van der Waals surface area contributed by atoms with Gasteiger partial charge in [0.25, 0.3) is 0 Å². The van der Waals surface area contributed by atoms with E-state index in [-0.39, 0.29) is 0 Å². The van der Waals surface area contributed by atoms with Crippen LogP contribution in [0.3, 0.4) is 0 Å². The van der Waals surface area contributed by atoms with Crippen molar-refractivity contribution in [2.75, 3.05) is 39.2 Å². The maximum absolute atomic E-state index is 12.1. The summed E-state index contributed by atoms with van der Waals surface area (Å²) < 4.78 is 6.00. The van der Waals surface area contributed by atoms with Crippen molar-refractivity contribution >= 4 is 11.4 Å². The molecule has 0 radical (unpaired) electrons. The number of ether oxygens (including phenoxy) is 1. The molecule has 1 heterocycles. The first-order chi connectivity index (χ1) is 14.0. The lowest BCUT2D eigenvalue weighted by Gasteiger charge is -2.41. The van der Waals surface area contributed by atoms with Gasteiger partial charge in [-0.3, -0.25) is 0 Å². The van der Waals surface area contributed by atoms with Crippen molar-refractivity contribution in [1.29, 1.82) is 0 Å². The van der Waals surface area contributed by atoms with E-state index >= 15 is 0 Å². The Morgan fingerprint density at radius 1 is 0.897 bits per heavy atom. The zero-order chi connectivity index (χ0) is 20.4. The van der Waals surface area contributed by atoms with Crippen LogP contribution in [-0.2, 0) is 5.60 Å². The van der Waals surface area contributed by atoms with Crippen LogP contribution in [0.5, 0.6) is 5.75 Å². The van der Waals surface area contributed by atoms with Gasteiger partial charge in [0.1, 0.15) is 11.4 Å². The van der Waals surface area contributed by atoms with Crippen molar-refractivity contribution in [2.24, 2.45) is 0 Å². The van der Waals surface area contributed by atoms with Gasteiger partial charge in [-0.1, -0.05) is 48.5 Å². The molecule has 0 aromatic heterocycles. The van der Waals surface area contributed by atoms with E-state index in [1.54, 1.807) is 0 Å². The molecule has 3 aromatic carbocycles. The highest BCUT2D eigenvalue weighted by Gasteiger charge is 2.42. The van der Waals surface area contributed by atoms with Crippen molar-refractivity contribution in [2.45, 2.75) is 12.0 Å². The molecule has 0 fully saturated rings. The monoisotopic (exact) mass is 388 g/mol. The van der Waals surface area contributed by atoms with Gasteiger partial charge in [0.2, 0.25) is 0 Å². The molecule has 4 heteroatoms. The van der Waals surface area contributed by atoms with Crippen LogP contribution in [0.4, 0.5) is 11.4 Å². The first-order valence-corrected chi connectivity index (χ1v) is 10.0. The summed E-state index contributed by atoms with van der Waals surface area (Å²) in [6.45, 7) is 1.66. The maximum atomic E-state index is 12.1. The largest absolute Gasteiger partial charge is 0.493 e. The number of benzene rings is 3. The number of nitrogens with zero attached hydrogens (tertiary/aromatic N) is 2. The minimum absolute atomic E-state index is 0.667. The summed E-state index contributed by atoms with van der Waals surface area (Å²) in [4.78, 5) is 4.29. The van der Waals surface area contributed by atoms with Gasteiger partial charge in [-0.25, -0.2) is 0 Å². The fourth-order valence-corrected chi connectivity index (χ4v) is 4.09. The Morgan fingerprint density at radius 2 is 1.59 bits per heavy atom. The van der Waals surface area contributed by atoms with Crippen molar-refractivity contribution in [3.63, 3.8) is 0 Å². The molecule has 4 nitrogen and oxygen atoms in total. The molecule has 0 bridgehead atoms. The molecule has 1 atom stereocenters. The van der Waals surface area contributed by atoms with Crippen LogP contribution in [0.15, 0.2) is 72.8 Å². The van der Waals surface area contributed by atoms with Crippen LogP contribution in [-0.4, -0.2) is 44.3 Å². The van der Waals surface area contributed by atoms with Crippen LogP contribution in [0.2, 0.25) is 0 Å². The van der Waals surface area contributed by atoms with Gasteiger partial charge in [0.05, 0.1) is 12.3 Å². The van der Waals surface area contributed by atoms with Crippen molar-refractivity contribution < 1.29 is 9.84 Å². The van der Waals surface area contributed by atoms with E-state index in [2.05, 4.69) is 30.0 Å². The second-order valence-corrected chi connectivity index (χ2v) is 7.84. The molecule has 0 amide bonds. The van der Waals surface area contributed by atoms with Crippen molar-refractivity contribution in [3.8, 4) is 5.75 Å². The van der Waals surface area contributed by atoms with E-state index in [1.807, 2.05) is 73.8 Å². The predicted octanol–water partition coefficient (Wildman–Crippen LogP) is 4.38. The third-order valence-electron chi connectivity index (χ3n) is 5.59. The first kappa shape index (κ1) is 19.5. The van der Waals surface area contributed by atoms with E-state index in [0.29, 0.717) is 6.61 Å². The van der Waals surface area contributed by atoms with E-state index in [9.17, 15) is 5.11 Å². The molecular weight excluding hydrogens is 360 g/mol. The Kier molecular flexibility index (Phi) is 5.31. The summed E-state index contributed by atoms with van der Waals surface area (Å²) >= 11 is 0. The van der Waals surface area contributed by atoms with Gasteiger partial charge in [0.15, 0.2) is 0 Å². The van der Waals surface area contributed by atoms with E-state index in [1.165, 1.54) is 0 Å². The molecule has 0 saturated heterocycles. The molecule has 0 saturated carbocycles. The summed E-state index contributed by atoms with van der Waals surface area (Å²) in [5, 5.41) is 12.1. The molecule has 4 rings (SSSR count). The minimum atomic E-state index is -1.21. The molecule has 1 aliphatic heterocycles. The molecule has 29 heavy (non-hydrogen) atoms. The standard InChI is InChI=1S/C25H28N2O2/c1-26(2)16-9-17-29-20-14-15-22-24(18-20)27(3)23-13-8-7-12-21(23)25(22,28)19-10-5-4-6-11-19/h4-8,10-15,18,28H,9,16-17H2,1-3H3. The second kappa shape index (κ2) is 7.90. The third-order valence-corrected chi connectivity index (χ3v) is 5.59. The predicted molar refractivity (Wildman–Crippen MR) is 118 cm³/mol. The normalized spacial score (nSPS) is 17.8. The highest BCUT2D eigenvalue weighted by atomic mass is 16.5. The Labute approximate surface area is 173 Å². The average Bonchev–Trinajstić information content (AvgIpc) is 2.75. The van der Waals surface area contributed by atoms with Gasteiger partial charge < -0.3 is 19.6 Å². The average molecular weight is 389 g/mol. The van der Waals surface area contributed by atoms with Crippen LogP contribution >= 0.6 is 0 Å². The van der Waals surface area contributed by atoms with E-state index in [4.69, 9.17) is 4.74 Å². The van der Waals surface area contributed by atoms with Gasteiger partial charge >= 0.3 is 0 Å². The Hall–Kier alpha value is -2.82. The molecule has 150 valence electrons. The van der Waals surface area contributed by atoms with Crippen molar-refractivity contribution in [1.82, 2.24) is 4.90 Å². The summed E-state index contributed by atoms with van der Waals surface area (Å²) in [7, 11) is 6.17. The lowest BCUT2D eigenvalue weighted by atomic mass is 9.76. The summed E-state index contributed by atoms with van der Waals surface area (Å²) in [6.07, 6.45) is 0.969. The number of fused-ring (bicyclic) bond motifs is 2. The summed E-state index contributed by atoms with van der Waals surface area (Å²) in [5.41, 5.74) is 3.37. The fourth-order valence-electron chi connectivity index (χ4n) is 4.09. The van der Waals surface area contributed by atoms with E-state index in [0.717, 1.165) is 46.8 Å². The first-order valence-electron chi connectivity index (χ1n) is 10.0. The number of hydrogen-bond donors (Lipinski definition) is 1. The van der Waals surface area contributed by atoms with E-state index < -0.39 is 5.60 Å². The highest BCUT2D eigenvalue weighted by Crippen LogP contribution is 2.50. The minimum Gasteiger partial charge on any atom is -0.493 e. The molecular formula is C25H28N2O2. The number of aliphatic hydroxyl groups is 1. The van der Waals surface area contributed by atoms with Gasteiger partial charge in [-0.15, -0.1) is 0 Å². The Morgan fingerprint density at radius 3 is 2.34 bits per heavy atom. The number of hydrogen-bond acceptors (Lipinski definition) is 4. The van der Waals surface area contributed by atoms with Crippen molar-refractivity contribution in [3.05, 3.63) is 89.5 Å². The smallest absolute Gasteiger partial charge is 0.144 e. The Balaban J connectivity index is 1.76. The third kappa shape index (κ3) is 3.50. The van der Waals surface area contributed by atoms with Crippen LogP contribution in [0.1, 0.15) is 23.1 Å². The van der Waals surface area contributed by atoms with Gasteiger partial charge in [-0.2, -0.15) is 0 Å².